The summed E-state index contributed by atoms with van der Waals surface area (Å²) >= 11 is 0. The highest BCUT2D eigenvalue weighted by molar-refractivity contribution is 5.90. The fourth-order valence-corrected chi connectivity index (χ4v) is 4.34. The zero-order valence-electron chi connectivity index (χ0n) is 19.7. The Morgan fingerprint density at radius 2 is 1.59 bits per heavy atom. The molecule has 2 heterocycles. The van der Waals surface area contributed by atoms with Crippen LogP contribution in [0.2, 0.25) is 0 Å². The number of benzene rings is 2. The summed E-state index contributed by atoms with van der Waals surface area (Å²) < 4.78 is 11.9. The first-order chi connectivity index (χ1) is 15.5. The fourth-order valence-electron chi connectivity index (χ4n) is 4.34. The Labute approximate surface area is 191 Å². The van der Waals surface area contributed by atoms with Crippen LogP contribution in [0.15, 0.2) is 54.7 Å². The maximum Gasteiger partial charge on any atom is 0.123 e. The van der Waals surface area contributed by atoms with Gasteiger partial charge in [0.2, 0.25) is 0 Å². The van der Waals surface area contributed by atoms with Crippen molar-refractivity contribution in [2.24, 2.45) is 0 Å². The van der Waals surface area contributed by atoms with Gasteiger partial charge >= 0.3 is 0 Å². The Kier molecular flexibility index (Phi) is 7.15. The highest BCUT2D eigenvalue weighted by Gasteiger charge is 2.20. The fraction of sp³-hybridized carbons (Fsp3) is 0.444. The number of nitrogens with zero attached hydrogens (tertiary/aromatic N) is 2. The highest BCUT2D eigenvalue weighted by atomic mass is 16.5. The van der Waals surface area contributed by atoms with Crippen LogP contribution in [0.3, 0.4) is 0 Å². The average Bonchev–Trinajstić information content (AvgIpc) is 2.74. The number of hydrogen-bond donors (Lipinski definition) is 1. The van der Waals surface area contributed by atoms with E-state index in [1.165, 1.54) is 16.6 Å². The first kappa shape index (κ1) is 22.4. The second-order valence-corrected chi connectivity index (χ2v) is 9.22. The number of nitrogens with one attached hydrogen (secondary N) is 1. The summed E-state index contributed by atoms with van der Waals surface area (Å²) in [6.07, 6.45) is 4.41. The van der Waals surface area contributed by atoms with E-state index in [0.29, 0.717) is 6.04 Å². The maximum absolute atomic E-state index is 5.97. The highest BCUT2D eigenvalue weighted by Crippen LogP contribution is 2.28. The third-order valence-electron chi connectivity index (χ3n) is 5.69. The van der Waals surface area contributed by atoms with Crippen LogP contribution in [0.5, 0.6) is 11.5 Å². The van der Waals surface area contributed by atoms with Crippen molar-refractivity contribution in [3.63, 3.8) is 0 Å². The zero-order chi connectivity index (χ0) is 22.5. The number of ether oxygens (including phenoxy) is 2. The van der Waals surface area contributed by atoms with Crippen LogP contribution in [0.4, 0.5) is 5.69 Å². The van der Waals surface area contributed by atoms with Crippen molar-refractivity contribution in [3.05, 3.63) is 60.3 Å². The van der Waals surface area contributed by atoms with Crippen molar-refractivity contribution in [3.8, 4) is 11.5 Å². The lowest BCUT2D eigenvalue weighted by Gasteiger charge is -2.33. The van der Waals surface area contributed by atoms with E-state index in [2.05, 4.69) is 79.3 Å². The average molecular weight is 434 g/mol. The van der Waals surface area contributed by atoms with E-state index >= 15 is 0 Å². The lowest BCUT2D eigenvalue weighted by Crippen LogP contribution is -2.38. The van der Waals surface area contributed by atoms with Gasteiger partial charge in [0.25, 0.3) is 0 Å². The van der Waals surface area contributed by atoms with E-state index < -0.39 is 0 Å². The van der Waals surface area contributed by atoms with Gasteiger partial charge in [0.15, 0.2) is 0 Å². The van der Waals surface area contributed by atoms with Crippen molar-refractivity contribution in [2.45, 2.75) is 65.3 Å². The van der Waals surface area contributed by atoms with Crippen molar-refractivity contribution in [2.75, 3.05) is 18.4 Å². The molecule has 0 bridgehead atoms. The summed E-state index contributed by atoms with van der Waals surface area (Å²) in [4.78, 5) is 7.00. The van der Waals surface area contributed by atoms with Gasteiger partial charge < -0.3 is 14.8 Å². The topological polar surface area (TPSA) is 46.6 Å². The number of hydrogen-bond acceptors (Lipinski definition) is 5. The van der Waals surface area contributed by atoms with E-state index in [9.17, 15) is 0 Å². The molecule has 2 aromatic carbocycles. The number of piperidine rings is 1. The molecule has 170 valence electrons. The Morgan fingerprint density at radius 3 is 2.25 bits per heavy atom. The van der Waals surface area contributed by atoms with Gasteiger partial charge in [-0.2, -0.15) is 0 Å². The molecule has 1 saturated heterocycles. The lowest BCUT2D eigenvalue weighted by molar-refractivity contribution is 0.207. The van der Waals surface area contributed by atoms with E-state index in [4.69, 9.17) is 9.47 Å². The second kappa shape index (κ2) is 10.2. The predicted octanol–water partition coefficient (Wildman–Crippen LogP) is 5.89. The van der Waals surface area contributed by atoms with Gasteiger partial charge in [-0.05, 0) is 70.4 Å². The Morgan fingerprint density at radius 1 is 0.938 bits per heavy atom. The molecule has 1 aliphatic rings. The molecule has 0 saturated carbocycles. The summed E-state index contributed by atoms with van der Waals surface area (Å²) in [5, 5.41) is 4.95. The molecular formula is C27H35N3O2. The Bertz CT molecular complexity index is 993. The van der Waals surface area contributed by atoms with Crippen LogP contribution in [0.25, 0.3) is 10.9 Å². The first-order valence-electron chi connectivity index (χ1n) is 11.8. The van der Waals surface area contributed by atoms with Crippen LogP contribution in [0.1, 0.15) is 46.1 Å². The minimum atomic E-state index is 0.142. The number of aromatic nitrogens is 1. The standard InChI is InChI=1S/C27H35N3O2/c1-19(2)31-23-15-21(16-24(17-23)32-20(3)4)18-30-13-10-22(11-14-30)29-27-9-12-28-26-8-6-5-7-25(26)27/h5-9,12,15-17,19-20,22H,10-11,13-14,18H2,1-4H3,(H,28,29). The molecule has 4 rings (SSSR count). The third kappa shape index (κ3) is 5.92. The minimum absolute atomic E-state index is 0.142. The smallest absolute Gasteiger partial charge is 0.123 e. The molecule has 1 N–H and O–H groups in total. The molecule has 1 aliphatic heterocycles. The Balaban J connectivity index is 1.38. The monoisotopic (exact) mass is 433 g/mol. The summed E-state index contributed by atoms with van der Waals surface area (Å²) in [5.74, 6) is 1.77. The normalized spacial score (nSPS) is 15.4. The summed E-state index contributed by atoms with van der Waals surface area (Å²) in [7, 11) is 0. The van der Waals surface area contributed by atoms with Crippen molar-refractivity contribution >= 4 is 16.6 Å². The number of likely N-dealkylation sites (tertiary alicyclic amines) is 1. The van der Waals surface area contributed by atoms with Gasteiger partial charge in [0, 0.05) is 49.0 Å². The van der Waals surface area contributed by atoms with Gasteiger partial charge in [0.05, 0.1) is 17.7 Å². The van der Waals surface area contributed by atoms with Crippen LogP contribution in [-0.4, -0.2) is 41.2 Å². The van der Waals surface area contributed by atoms with Crippen LogP contribution >= 0.6 is 0 Å². The quantitative estimate of drug-likeness (QED) is 0.480. The van der Waals surface area contributed by atoms with E-state index in [0.717, 1.165) is 49.5 Å². The molecule has 1 aromatic heterocycles. The van der Waals surface area contributed by atoms with Gasteiger partial charge in [-0.25, -0.2) is 0 Å². The van der Waals surface area contributed by atoms with Crippen molar-refractivity contribution < 1.29 is 9.47 Å². The molecule has 1 fully saturated rings. The Hall–Kier alpha value is -2.79. The molecule has 32 heavy (non-hydrogen) atoms. The van der Waals surface area contributed by atoms with Crippen LogP contribution < -0.4 is 14.8 Å². The van der Waals surface area contributed by atoms with Gasteiger partial charge in [-0.1, -0.05) is 18.2 Å². The molecule has 5 heteroatoms. The zero-order valence-corrected chi connectivity index (χ0v) is 19.7. The minimum Gasteiger partial charge on any atom is -0.491 e. The predicted molar refractivity (Wildman–Crippen MR) is 132 cm³/mol. The van der Waals surface area contributed by atoms with Gasteiger partial charge in [-0.3, -0.25) is 9.88 Å². The van der Waals surface area contributed by atoms with Crippen LogP contribution in [-0.2, 0) is 6.54 Å². The third-order valence-corrected chi connectivity index (χ3v) is 5.69. The maximum atomic E-state index is 5.97. The number of anilines is 1. The molecular weight excluding hydrogens is 398 g/mol. The number of fused-ring (bicyclic) bond motifs is 1. The SMILES string of the molecule is CC(C)Oc1cc(CN2CCC(Nc3ccnc4ccccc34)CC2)cc(OC(C)C)c1. The van der Waals surface area contributed by atoms with Gasteiger partial charge in [0.1, 0.15) is 11.5 Å². The molecule has 5 nitrogen and oxygen atoms in total. The molecule has 0 amide bonds. The summed E-state index contributed by atoms with van der Waals surface area (Å²) in [6.45, 7) is 11.3. The van der Waals surface area contributed by atoms with Crippen molar-refractivity contribution in [1.82, 2.24) is 9.88 Å². The molecule has 0 aliphatic carbocycles. The number of rotatable bonds is 8. The van der Waals surface area contributed by atoms with Crippen molar-refractivity contribution in [1.29, 1.82) is 0 Å². The van der Waals surface area contributed by atoms with Gasteiger partial charge in [-0.15, -0.1) is 0 Å². The van der Waals surface area contributed by atoms with E-state index in [-0.39, 0.29) is 12.2 Å². The van der Waals surface area contributed by atoms with Crippen LogP contribution in [0, 0.1) is 0 Å². The summed E-state index contributed by atoms with van der Waals surface area (Å²) in [6, 6.07) is 17.2. The second-order valence-electron chi connectivity index (χ2n) is 9.22. The molecule has 0 unspecified atom stereocenters. The number of para-hydroxylation sites is 1. The lowest BCUT2D eigenvalue weighted by atomic mass is 10.0. The molecule has 0 atom stereocenters. The summed E-state index contributed by atoms with van der Waals surface area (Å²) in [5.41, 5.74) is 3.46. The largest absolute Gasteiger partial charge is 0.491 e. The van der Waals surface area contributed by atoms with E-state index in [1.807, 2.05) is 18.3 Å². The molecule has 0 radical (unpaired) electrons. The molecule has 3 aromatic rings. The van der Waals surface area contributed by atoms with E-state index in [1.54, 1.807) is 0 Å². The first-order valence-corrected chi connectivity index (χ1v) is 11.8. The number of pyridine rings is 1. The molecule has 0 spiro atoms.